The monoisotopic (exact) mass is 503 g/mol. The third-order valence-electron chi connectivity index (χ3n) is 4.15. The van der Waals surface area contributed by atoms with Crippen molar-refractivity contribution >= 4 is 65.0 Å². The number of nitrogens with one attached hydrogen (secondary N) is 2. The van der Waals surface area contributed by atoms with Gasteiger partial charge in [-0.25, -0.2) is 4.99 Å². The molecule has 0 fully saturated rings. The summed E-state index contributed by atoms with van der Waals surface area (Å²) in [7, 11) is 1.44. The van der Waals surface area contributed by atoms with Gasteiger partial charge in [0.15, 0.2) is 11.6 Å². The molecule has 8 nitrogen and oxygen atoms in total. The maximum absolute atomic E-state index is 12.0. The van der Waals surface area contributed by atoms with Crippen LogP contribution >= 0.6 is 22.6 Å². The Morgan fingerprint density at radius 3 is 2.93 bits per heavy atom. The van der Waals surface area contributed by atoms with E-state index in [4.69, 9.17) is 10.5 Å². The van der Waals surface area contributed by atoms with Crippen LogP contribution in [-0.4, -0.2) is 41.9 Å². The molecule has 2 aromatic carbocycles. The van der Waals surface area contributed by atoms with Crippen LogP contribution in [0.4, 0.5) is 17.3 Å². The first-order chi connectivity index (χ1) is 14.0. The molecule has 0 aliphatic carbocycles. The fourth-order valence-corrected chi connectivity index (χ4v) is 3.21. The second kappa shape index (κ2) is 9.57. The van der Waals surface area contributed by atoms with Gasteiger partial charge in [-0.15, -0.1) is 0 Å². The van der Waals surface area contributed by atoms with Crippen molar-refractivity contribution in [2.45, 2.75) is 4.43 Å². The number of carbonyl (C=O) groups excluding carboxylic acids is 1. The van der Waals surface area contributed by atoms with Gasteiger partial charge in [0.25, 0.3) is 5.91 Å². The van der Waals surface area contributed by atoms with E-state index in [2.05, 4.69) is 43.1 Å². The fraction of sp³-hybridized carbons (Fsp3) is 0.105. The quantitative estimate of drug-likeness (QED) is 0.162. The summed E-state index contributed by atoms with van der Waals surface area (Å²) in [6.45, 7) is 0. The molecule has 0 spiro atoms. The molecule has 0 aliphatic heterocycles. The summed E-state index contributed by atoms with van der Waals surface area (Å²) in [6, 6.07) is 13.0. The van der Waals surface area contributed by atoms with Crippen LogP contribution in [0.2, 0.25) is 0 Å². The largest absolute Gasteiger partial charge is 0.496 e. The number of ether oxygens (including phenoxy) is 1. The summed E-state index contributed by atoms with van der Waals surface area (Å²) in [6.07, 6.45) is 1.53. The van der Waals surface area contributed by atoms with Crippen LogP contribution in [-0.2, 0) is 4.43 Å². The van der Waals surface area contributed by atoms with Gasteiger partial charge in [-0.3, -0.25) is 9.89 Å². The maximum atomic E-state index is 12.0. The number of amides is 1. The van der Waals surface area contributed by atoms with Crippen molar-refractivity contribution in [3.05, 3.63) is 59.2 Å². The smallest absolute Gasteiger partial charge is 0.304 e. The number of hydrogen-bond acceptors (Lipinski definition) is 6. The number of carbonyl (C=O) groups is 1. The minimum atomic E-state index is -0.658. The molecule has 0 radical (unpaired) electrons. The number of alkyl halides is 1. The number of aromatic nitrogens is 2. The summed E-state index contributed by atoms with van der Waals surface area (Å²) in [5, 5.41) is 19.3. The average molecular weight is 503 g/mol. The predicted molar refractivity (Wildman–Crippen MR) is 124 cm³/mol. The number of nitrogens with two attached hydrogens (primary N) is 1. The van der Waals surface area contributed by atoms with Crippen molar-refractivity contribution in [1.29, 1.82) is 0 Å². The van der Waals surface area contributed by atoms with E-state index in [0.717, 1.165) is 15.7 Å². The number of hydrogen-bond donors (Lipinski definition) is 4. The number of halogens is 1. The standard InChI is InChI=1S/C19H19BIN5O3/c1-29-15-6-5-13(20-28)8-12(15)10-23-18-16(17(22)27)19(26-25-18)24-14-4-2-3-11(7-14)9-21/h2-8,10,20,28H,9H2,1H3,(H2,22,27)(H2,24,25,26)/b23-10+. The van der Waals surface area contributed by atoms with E-state index in [9.17, 15) is 9.82 Å². The lowest BCUT2D eigenvalue weighted by atomic mass is 9.87. The third kappa shape index (κ3) is 4.95. The first-order valence-electron chi connectivity index (χ1n) is 8.67. The second-order valence-corrected chi connectivity index (χ2v) is 6.87. The zero-order valence-corrected chi connectivity index (χ0v) is 17.8. The lowest BCUT2D eigenvalue weighted by Gasteiger charge is -2.06. The Balaban J connectivity index is 1.93. The van der Waals surface area contributed by atoms with Gasteiger partial charge in [-0.1, -0.05) is 52.3 Å². The van der Waals surface area contributed by atoms with Crippen LogP contribution in [0.25, 0.3) is 0 Å². The van der Waals surface area contributed by atoms with Crippen molar-refractivity contribution < 1.29 is 14.6 Å². The molecule has 1 aromatic heterocycles. The Bertz CT molecular complexity index is 1050. The molecule has 0 atom stereocenters. The maximum Gasteiger partial charge on any atom is 0.304 e. The average Bonchev–Trinajstić information content (AvgIpc) is 3.14. The van der Waals surface area contributed by atoms with Crippen LogP contribution in [0.1, 0.15) is 21.5 Å². The molecule has 148 valence electrons. The Hall–Kier alpha value is -2.86. The molecule has 0 aliphatic rings. The van der Waals surface area contributed by atoms with E-state index in [1.807, 2.05) is 24.3 Å². The van der Waals surface area contributed by atoms with Gasteiger partial charge in [-0.2, -0.15) is 5.10 Å². The molecule has 3 aromatic rings. The highest BCUT2D eigenvalue weighted by molar-refractivity contribution is 14.1. The summed E-state index contributed by atoms with van der Waals surface area (Å²) in [5.74, 6) is 0.447. The molecule has 0 bridgehead atoms. The molecule has 3 rings (SSSR count). The number of primary amides is 1. The zero-order chi connectivity index (χ0) is 20.8. The molecular formula is C19H19BIN5O3. The highest BCUT2D eigenvalue weighted by Crippen LogP contribution is 2.27. The first kappa shape index (κ1) is 20.9. The Morgan fingerprint density at radius 2 is 2.24 bits per heavy atom. The summed E-state index contributed by atoms with van der Waals surface area (Å²) >= 11 is 2.28. The Labute approximate surface area is 182 Å². The van der Waals surface area contributed by atoms with Crippen LogP contribution < -0.4 is 21.3 Å². The SMILES string of the molecule is COc1ccc(BO)cc1/C=N/c1[nH]nc(Nc2cccc(CI)c2)c1C(N)=O. The number of aliphatic imine (C=N–C) groups is 1. The zero-order valence-electron chi connectivity index (χ0n) is 15.6. The summed E-state index contributed by atoms with van der Waals surface area (Å²) < 4.78 is 6.18. The van der Waals surface area contributed by atoms with Crippen molar-refractivity contribution in [3.63, 3.8) is 0 Å². The van der Waals surface area contributed by atoms with E-state index in [-0.39, 0.29) is 18.9 Å². The summed E-state index contributed by atoms with van der Waals surface area (Å²) in [5.41, 5.74) is 9.01. The van der Waals surface area contributed by atoms with Crippen LogP contribution in [0.15, 0.2) is 47.5 Å². The number of methoxy groups -OCH3 is 1. The normalized spacial score (nSPS) is 10.9. The lowest BCUT2D eigenvalue weighted by molar-refractivity contribution is 0.100. The van der Waals surface area contributed by atoms with Crippen LogP contribution in [0.5, 0.6) is 5.75 Å². The molecule has 0 saturated heterocycles. The topological polar surface area (TPSA) is 126 Å². The number of benzene rings is 2. The van der Waals surface area contributed by atoms with Crippen LogP contribution in [0, 0.1) is 0 Å². The second-order valence-electron chi connectivity index (χ2n) is 6.11. The summed E-state index contributed by atoms with van der Waals surface area (Å²) in [4.78, 5) is 16.4. The van der Waals surface area contributed by atoms with Crippen molar-refractivity contribution in [3.8, 4) is 5.75 Å². The van der Waals surface area contributed by atoms with Crippen molar-refractivity contribution in [1.82, 2.24) is 10.2 Å². The van der Waals surface area contributed by atoms with E-state index in [0.29, 0.717) is 22.6 Å². The lowest BCUT2D eigenvalue weighted by Crippen LogP contribution is -2.14. The Kier molecular flexibility index (Phi) is 6.88. The van der Waals surface area contributed by atoms with Crippen molar-refractivity contribution in [2.24, 2.45) is 10.7 Å². The predicted octanol–water partition coefficient (Wildman–Crippen LogP) is 1.92. The molecule has 10 heteroatoms. The van der Waals surface area contributed by atoms with Gasteiger partial charge >= 0.3 is 7.48 Å². The third-order valence-corrected chi connectivity index (χ3v) is 5.03. The molecule has 29 heavy (non-hydrogen) atoms. The fourth-order valence-electron chi connectivity index (χ4n) is 2.74. The van der Waals surface area contributed by atoms with Gasteiger partial charge < -0.3 is 20.8 Å². The minimum Gasteiger partial charge on any atom is -0.496 e. The highest BCUT2D eigenvalue weighted by atomic mass is 127. The van der Waals surface area contributed by atoms with Crippen molar-refractivity contribution in [2.75, 3.05) is 12.4 Å². The van der Waals surface area contributed by atoms with E-state index in [1.54, 1.807) is 25.3 Å². The first-order valence-corrected chi connectivity index (χ1v) is 10.2. The number of nitrogens with zero attached hydrogens (tertiary/aromatic N) is 2. The molecule has 1 heterocycles. The van der Waals surface area contributed by atoms with E-state index >= 15 is 0 Å². The van der Waals surface area contributed by atoms with Gasteiger partial charge in [0.1, 0.15) is 11.3 Å². The van der Waals surface area contributed by atoms with Gasteiger partial charge in [-0.05, 0) is 23.8 Å². The van der Waals surface area contributed by atoms with Crippen LogP contribution in [0.3, 0.4) is 0 Å². The molecule has 1 amide bonds. The number of H-pyrrole nitrogens is 1. The molecule has 0 saturated carbocycles. The Morgan fingerprint density at radius 1 is 1.41 bits per heavy atom. The molecule has 5 N–H and O–H groups in total. The van der Waals surface area contributed by atoms with Gasteiger partial charge in [0.05, 0.1) is 7.11 Å². The van der Waals surface area contributed by atoms with Gasteiger partial charge in [0, 0.05) is 21.9 Å². The molecule has 0 unspecified atom stereocenters. The van der Waals surface area contributed by atoms with Gasteiger partial charge in [0.2, 0.25) is 0 Å². The highest BCUT2D eigenvalue weighted by Gasteiger charge is 2.18. The van der Waals surface area contributed by atoms with E-state index in [1.165, 1.54) is 6.21 Å². The van der Waals surface area contributed by atoms with E-state index < -0.39 is 5.91 Å². The number of anilines is 2. The minimum absolute atomic E-state index is 0.105. The molecular weight excluding hydrogens is 484 g/mol. The number of rotatable bonds is 8. The number of aromatic amines is 1.